The Hall–Kier alpha value is -2.60. The molecule has 6 heteroatoms. The Bertz CT molecular complexity index is 831. The Labute approximate surface area is 171 Å². The SMILES string of the molecule is O=C(O)CCC(=O)NCCc1c(OCCN2CCCCC2)ccc2ccccc12. The Kier molecular flexibility index (Phi) is 7.87. The van der Waals surface area contributed by atoms with Crippen LogP contribution in [-0.4, -0.2) is 54.7 Å². The fourth-order valence-corrected chi connectivity index (χ4v) is 3.81. The monoisotopic (exact) mass is 398 g/mol. The first-order valence-corrected chi connectivity index (χ1v) is 10.5. The summed E-state index contributed by atoms with van der Waals surface area (Å²) < 4.78 is 6.15. The lowest BCUT2D eigenvalue weighted by Crippen LogP contribution is -2.33. The predicted octanol–water partition coefficient (Wildman–Crippen LogP) is 3.23. The number of aliphatic carboxylic acids is 1. The van der Waals surface area contributed by atoms with Crippen molar-refractivity contribution in [1.82, 2.24) is 10.2 Å². The average Bonchev–Trinajstić information content (AvgIpc) is 2.74. The van der Waals surface area contributed by atoms with Crippen molar-refractivity contribution in [2.24, 2.45) is 0 Å². The molecular weight excluding hydrogens is 368 g/mol. The second-order valence-electron chi connectivity index (χ2n) is 7.51. The van der Waals surface area contributed by atoms with E-state index in [1.807, 2.05) is 18.2 Å². The molecule has 0 saturated carbocycles. The summed E-state index contributed by atoms with van der Waals surface area (Å²) in [7, 11) is 0. The molecule has 0 aliphatic carbocycles. The van der Waals surface area contributed by atoms with E-state index in [1.54, 1.807) is 0 Å². The third kappa shape index (κ3) is 6.46. The topological polar surface area (TPSA) is 78.9 Å². The zero-order valence-electron chi connectivity index (χ0n) is 16.9. The van der Waals surface area contributed by atoms with Gasteiger partial charge in [0.25, 0.3) is 0 Å². The number of hydrogen-bond acceptors (Lipinski definition) is 4. The van der Waals surface area contributed by atoms with Crippen LogP contribution in [0.4, 0.5) is 0 Å². The van der Waals surface area contributed by atoms with Gasteiger partial charge in [0.1, 0.15) is 12.4 Å². The Morgan fingerprint density at radius 2 is 1.83 bits per heavy atom. The van der Waals surface area contributed by atoms with Gasteiger partial charge in [0.05, 0.1) is 6.42 Å². The van der Waals surface area contributed by atoms with Crippen molar-refractivity contribution in [2.75, 3.05) is 32.8 Å². The Morgan fingerprint density at radius 3 is 2.62 bits per heavy atom. The number of fused-ring (bicyclic) bond motifs is 1. The molecule has 0 bridgehead atoms. The maximum atomic E-state index is 11.8. The van der Waals surface area contributed by atoms with Crippen molar-refractivity contribution < 1.29 is 19.4 Å². The molecule has 1 heterocycles. The van der Waals surface area contributed by atoms with Gasteiger partial charge in [-0.1, -0.05) is 36.8 Å². The van der Waals surface area contributed by atoms with Crippen molar-refractivity contribution in [3.05, 3.63) is 42.0 Å². The fourth-order valence-electron chi connectivity index (χ4n) is 3.81. The zero-order chi connectivity index (χ0) is 20.5. The number of rotatable bonds is 10. The normalized spacial score (nSPS) is 14.6. The average molecular weight is 399 g/mol. The third-order valence-electron chi connectivity index (χ3n) is 5.37. The molecule has 1 aliphatic heterocycles. The second kappa shape index (κ2) is 10.8. The summed E-state index contributed by atoms with van der Waals surface area (Å²) in [4.78, 5) is 24.9. The van der Waals surface area contributed by atoms with Crippen LogP contribution in [-0.2, 0) is 16.0 Å². The number of carbonyl (C=O) groups excluding carboxylic acids is 1. The van der Waals surface area contributed by atoms with Gasteiger partial charge in [-0.3, -0.25) is 14.5 Å². The molecule has 29 heavy (non-hydrogen) atoms. The van der Waals surface area contributed by atoms with Crippen LogP contribution in [0.15, 0.2) is 36.4 Å². The van der Waals surface area contributed by atoms with Crippen LogP contribution < -0.4 is 10.1 Å². The van der Waals surface area contributed by atoms with E-state index in [9.17, 15) is 9.59 Å². The molecule has 6 nitrogen and oxygen atoms in total. The number of nitrogens with one attached hydrogen (secondary N) is 1. The van der Waals surface area contributed by atoms with Gasteiger partial charge in [0.15, 0.2) is 0 Å². The number of nitrogens with zero attached hydrogens (tertiary/aromatic N) is 1. The van der Waals surface area contributed by atoms with Gasteiger partial charge in [-0.15, -0.1) is 0 Å². The summed E-state index contributed by atoms with van der Waals surface area (Å²) in [5.41, 5.74) is 1.08. The summed E-state index contributed by atoms with van der Waals surface area (Å²) in [6.07, 6.45) is 4.35. The van der Waals surface area contributed by atoms with Crippen molar-refractivity contribution >= 4 is 22.6 Å². The standard InChI is InChI=1S/C23H30N2O4/c26-22(10-11-23(27)28)24-13-12-20-19-7-3-2-6-18(19)8-9-21(20)29-17-16-25-14-4-1-5-15-25/h2-3,6-9H,1,4-5,10-17H2,(H,24,26)(H,27,28). The van der Waals surface area contributed by atoms with Crippen molar-refractivity contribution in [3.8, 4) is 5.75 Å². The van der Waals surface area contributed by atoms with Crippen LogP contribution in [0.3, 0.4) is 0 Å². The first-order valence-electron chi connectivity index (χ1n) is 10.5. The molecule has 1 saturated heterocycles. The lowest BCUT2D eigenvalue weighted by Gasteiger charge is -2.26. The third-order valence-corrected chi connectivity index (χ3v) is 5.37. The number of hydrogen-bond donors (Lipinski definition) is 2. The number of piperidine rings is 1. The van der Waals surface area contributed by atoms with E-state index in [-0.39, 0.29) is 18.7 Å². The molecule has 0 aromatic heterocycles. The molecule has 156 valence electrons. The highest BCUT2D eigenvalue weighted by molar-refractivity contribution is 5.88. The number of benzene rings is 2. The highest BCUT2D eigenvalue weighted by Crippen LogP contribution is 2.28. The largest absolute Gasteiger partial charge is 0.492 e. The van der Waals surface area contributed by atoms with Gasteiger partial charge in [0, 0.05) is 25.1 Å². The molecule has 1 amide bonds. The molecule has 0 unspecified atom stereocenters. The minimum absolute atomic E-state index is 0.00403. The smallest absolute Gasteiger partial charge is 0.303 e. The van der Waals surface area contributed by atoms with Crippen LogP contribution in [0.5, 0.6) is 5.75 Å². The van der Waals surface area contributed by atoms with E-state index >= 15 is 0 Å². The fraction of sp³-hybridized carbons (Fsp3) is 0.478. The van der Waals surface area contributed by atoms with Gasteiger partial charge >= 0.3 is 5.97 Å². The molecule has 2 N–H and O–H groups in total. The minimum atomic E-state index is -0.960. The number of carboxylic acid groups (broad SMARTS) is 1. The predicted molar refractivity (Wildman–Crippen MR) is 113 cm³/mol. The van der Waals surface area contributed by atoms with E-state index in [1.165, 1.54) is 19.3 Å². The van der Waals surface area contributed by atoms with Crippen molar-refractivity contribution in [3.63, 3.8) is 0 Å². The summed E-state index contributed by atoms with van der Waals surface area (Å²) in [6.45, 7) is 4.33. The highest BCUT2D eigenvalue weighted by atomic mass is 16.5. The van der Waals surface area contributed by atoms with Crippen LogP contribution >= 0.6 is 0 Å². The number of likely N-dealkylation sites (tertiary alicyclic amines) is 1. The number of amides is 1. The molecule has 0 radical (unpaired) electrons. The molecule has 3 rings (SSSR count). The molecule has 0 spiro atoms. The van der Waals surface area contributed by atoms with Crippen molar-refractivity contribution in [2.45, 2.75) is 38.5 Å². The number of carbonyl (C=O) groups is 2. The first kappa shape index (κ1) is 21.1. The quantitative estimate of drug-likeness (QED) is 0.642. The van der Waals surface area contributed by atoms with Gasteiger partial charge in [-0.2, -0.15) is 0 Å². The first-order chi connectivity index (χ1) is 14.1. The second-order valence-corrected chi connectivity index (χ2v) is 7.51. The maximum Gasteiger partial charge on any atom is 0.303 e. The van der Waals surface area contributed by atoms with Crippen LogP contribution in [0.1, 0.15) is 37.7 Å². The minimum Gasteiger partial charge on any atom is -0.492 e. The Morgan fingerprint density at radius 1 is 1.03 bits per heavy atom. The molecule has 1 fully saturated rings. The number of ether oxygens (including phenoxy) is 1. The molecule has 0 atom stereocenters. The van der Waals surface area contributed by atoms with Gasteiger partial charge < -0.3 is 15.2 Å². The van der Waals surface area contributed by atoms with Crippen molar-refractivity contribution in [1.29, 1.82) is 0 Å². The molecular formula is C23H30N2O4. The maximum absolute atomic E-state index is 11.8. The lowest BCUT2D eigenvalue weighted by molar-refractivity contribution is -0.138. The van der Waals surface area contributed by atoms with Gasteiger partial charge in [0.2, 0.25) is 5.91 Å². The summed E-state index contributed by atoms with van der Waals surface area (Å²) in [5, 5.41) is 13.8. The molecule has 1 aliphatic rings. The Balaban J connectivity index is 1.62. The van der Waals surface area contributed by atoms with E-state index < -0.39 is 5.97 Å². The lowest BCUT2D eigenvalue weighted by atomic mass is 10.0. The molecule has 2 aromatic carbocycles. The summed E-state index contributed by atoms with van der Waals surface area (Å²) >= 11 is 0. The van der Waals surface area contributed by atoms with E-state index in [4.69, 9.17) is 9.84 Å². The van der Waals surface area contributed by atoms with Gasteiger partial charge in [-0.05, 0) is 49.2 Å². The highest BCUT2D eigenvalue weighted by Gasteiger charge is 2.13. The van der Waals surface area contributed by atoms with Crippen LogP contribution in [0.2, 0.25) is 0 Å². The number of carboxylic acids is 1. The van der Waals surface area contributed by atoms with Crippen LogP contribution in [0, 0.1) is 0 Å². The molecule has 2 aromatic rings. The van der Waals surface area contributed by atoms with E-state index in [0.717, 1.165) is 41.7 Å². The zero-order valence-corrected chi connectivity index (χ0v) is 16.9. The van der Waals surface area contributed by atoms with Crippen LogP contribution in [0.25, 0.3) is 10.8 Å². The van der Waals surface area contributed by atoms with E-state index in [0.29, 0.717) is 19.6 Å². The summed E-state index contributed by atoms with van der Waals surface area (Å²) in [6, 6.07) is 12.3. The van der Waals surface area contributed by atoms with E-state index in [2.05, 4.69) is 28.4 Å². The summed E-state index contributed by atoms with van der Waals surface area (Å²) in [5.74, 6) is -0.334. The van der Waals surface area contributed by atoms with Gasteiger partial charge in [-0.25, -0.2) is 0 Å².